The molecule has 1 fully saturated rings. The number of benzene rings is 1. The number of piperidine rings is 1. The van der Waals surface area contributed by atoms with Crippen LogP contribution in [0.25, 0.3) is 0 Å². The highest BCUT2D eigenvalue weighted by Crippen LogP contribution is 2.28. The van der Waals surface area contributed by atoms with Crippen LogP contribution in [0, 0.1) is 10.8 Å². The Kier molecular flexibility index (Phi) is 6.89. The van der Waals surface area contributed by atoms with E-state index in [2.05, 4.69) is 29.7 Å². The minimum absolute atomic E-state index is 0. The quantitative estimate of drug-likeness (QED) is 0.873. The summed E-state index contributed by atoms with van der Waals surface area (Å²) in [4.78, 5) is 12.5. The Morgan fingerprint density at radius 1 is 1.23 bits per heavy atom. The molecule has 1 aliphatic heterocycles. The summed E-state index contributed by atoms with van der Waals surface area (Å²) in [5.41, 5.74) is 1.08. The number of hydrogen-bond donors (Lipinski definition) is 2. The molecule has 0 unspecified atom stereocenters. The van der Waals surface area contributed by atoms with Gasteiger partial charge in [-0.05, 0) is 43.3 Å². The van der Waals surface area contributed by atoms with Gasteiger partial charge < -0.3 is 10.6 Å². The second kappa shape index (κ2) is 7.98. The van der Waals surface area contributed by atoms with Gasteiger partial charge in [0.25, 0.3) is 0 Å². The lowest BCUT2D eigenvalue weighted by molar-refractivity contribution is -0.129. The maximum atomic E-state index is 12.5. The minimum Gasteiger partial charge on any atom is -0.355 e. The van der Waals surface area contributed by atoms with E-state index in [1.165, 1.54) is 5.56 Å². The predicted molar refractivity (Wildman–Crippen MR) is 94.4 cm³/mol. The summed E-state index contributed by atoms with van der Waals surface area (Å²) in [5.74, 6) is 0.158. The van der Waals surface area contributed by atoms with Crippen LogP contribution in [0.4, 0.5) is 0 Å². The number of nitrogens with one attached hydrogen (secondary N) is 2. The van der Waals surface area contributed by atoms with Crippen molar-refractivity contribution in [3.05, 3.63) is 35.9 Å². The third-order valence-electron chi connectivity index (χ3n) is 4.59. The maximum Gasteiger partial charge on any atom is 0.226 e. The standard InChI is InChI=1S/C18H28N2O.ClH/c1-17(2,13-15-7-5-4-6-8-15)16(21)20-14-18(3)9-11-19-12-10-18;/h4-8,19H,9-14H2,1-3H3,(H,20,21);1H. The molecule has 0 aliphatic carbocycles. The fourth-order valence-electron chi connectivity index (χ4n) is 2.93. The van der Waals surface area contributed by atoms with E-state index >= 15 is 0 Å². The van der Waals surface area contributed by atoms with E-state index in [9.17, 15) is 4.79 Å². The van der Waals surface area contributed by atoms with E-state index in [0.717, 1.165) is 38.9 Å². The Morgan fingerprint density at radius 2 is 1.82 bits per heavy atom. The highest BCUT2D eigenvalue weighted by atomic mass is 35.5. The first-order chi connectivity index (χ1) is 9.91. The third-order valence-corrected chi connectivity index (χ3v) is 4.59. The van der Waals surface area contributed by atoms with E-state index in [-0.39, 0.29) is 29.1 Å². The minimum atomic E-state index is -0.370. The molecule has 1 aromatic rings. The summed E-state index contributed by atoms with van der Waals surface area (Å²) in [6, 6.07) is 10.2. The molecule has 1 aromatic carbocycles. The molecule has 4 heteroatoms. The van der Waals surface area contributed by atoms with Crippen LogP contribution in [-0.2, 0) is 11.2 Å². The summed E-state index contributed by atoms with van der Waals surface area (Å²) < 4.78 is 0. The molecule has 0 saturated carbocycles. The van der Waals surface area contributed by atoms with E-state index in [4.69, 9.17) is 0 Å². The number of hydrogen-bond acceptors (Lipinski definition) is 2. The zero-order chi connectivity index (χ0) is 15.3. The molecule has 2 N–H and O–H groups in total. The summed E-state index contributed by atoms with van der Waals surface area (Å²) in [6.07, 6.45) is 3.04. The summed E-state index contributed by atoms with van der Waals surface area (Å²) >= 11 is 0. The van der Waals surface area contributed by atoms with E-state index in [0.29, 0.717) is 0 Å². The van der Waals surface area contributed by atoms with Gasteiger partial charge in [0, 0.05) is 12.0 Å². The van der Waals surface area contributed by atoms with Crippen molar-refractivity contribution >= 4 is 18.3 Å². The highest BCUT2D eigenvalue weighted by Gasteiger charge is 2.31. The molecule has 0 bridgehead atoms. The third kappa shape index (κ3) is 5.29. The molecular weight excluding hydrogens is 296 g/mol. The molecule has 0 radical (unpaired) electrons. The van der Waals surface area contributed by atoms with Gasteiger partial charge in [-0.3, -0.25) is 4.79 Å². The summed E-state index contributed by atoms with van der Waals surface area (Å²) in [7, 11) is 0. The molecule has 2 rings (SSSR count). The monoisotopic (exact) mass is 324 g/mol. The van der Waals surface area contributed by atoms with Gasteiger partial charge in [0.1, 0.15) is 0 Å². The SMILES string of the molecule is CC1(CNC(=O)C(C)(C)Cc2ccccc2)CCNCC1.Cl. The van der Waals surface area contributed by atoms with Crippen LogP contribution in [0.2, 0.25) is 0 Å². The Labute approximate surface area is 140 Å². The van der Waals surface area contributed by atoms with Crippen molar-refractivity contribution < 1.29 is 4.79 Å². The molecule has 1 amide bonds. The predicted octanol–water partition coefficient (Wildman–Crippen LogP) is 3.18. The number of rotatable bonds is 5. The topological polar surface area (TPSA) is 41.1 Å². The Hall–Kier alpha value is -1.06. The molecular formula is C18H29ClN2O. The first-order valence-electron chi connectivity index (χ1n) is 7.94. The molecule has 1 aliphatic rings. The molecule has 0 spiro atoms. The van der Waals surface area contributed by atoms with Crippen LogP contribution >= 0.6 is 12.4 Å². The number of amides is 1. The van der Waals surface area contributed by atoms with Gasteiger partial charge in [0.15, 0.2) is 0 Å². The second-order valence-corrected chi connectivity index (χ2v) is 7.29. The van der Waals surface area contributed by atoms with Crippen molar-refractivity contribution in [2.24, 2.45) is 10.8 Å². The molecule has 1 heterocycles. The van der Waals surface area contributed by atoms with Crippen molar-refractivity contribution in [2.45, 2.75) is 40.0 Å². The zero-order valence-electron chi connectivity index (χ0n) is 13.9. The average Bonchev–Trinajstić information content (AvgIpc) is 2.46. The van der Waals surface area contributed by atoms with Crippen molar-refractivity contribution in [2.75, 3.05) is 19.6 Å². The van der Waals surface area contributed by atoms with Gasteiger partial charge in [-0.25, -0.2) is 0 Å². The van der Waals surface area contributed by atoms with Crippen LogP contribution in [0.1, 0.15) is 39.2 Å². The normalized spacial score (nSPS) is 17.4. The fraction of sp³-hybridized carbons (Fsp3) is 0.611. The first-order valence-corrected chi connectivity index (χ1v) is 7.94. The fourth-order valence-corrected chi connectivity index (χ4v) is 2.93. The Balaban J connectivity index is 0.00000242. The number of carbonyl (C=O) groups excluding carboxylic acids is 1. The van der Waals surface area contributed by atoms with Crippen LogP contribution in [-0.4, -0.2) is 25.5 Å². The summed E-state index contributed by atoms with van der Waals surface area (Å²) in [6.45, 7) is 9.23. The van der Waals surface area contributed by atoms with Gasteiger partial charge in [0.2, 0.25) is 5.91 Å². The van der Waals surface area contributed by atoms with Gasteiger partial charge in [-0.15, -0.1) is 12.4 Å². The molecule has 0 atom stereocenters. The van der Waals surface area contributed by atoms with Crippen molar-refractivity contribution in [1.82, 2.24) is 10.6 Å². The first kappa shape index (κ1) is 19.0. The van der Waals surface area contributed by atoms with Crippen LogP contribution in [0.3, 0.4) is 0 Å². The van der Waals surface area contributed by atoms with E-state index < -0.39 is 0 Å². The zero-order valence-corrected chi connectivity index (χ0v) is 14.8. The van der Waals surface area contributed by atoms with Crippen molar-refractivity contribution in [1.29, 1.82) is 0 Å². The number of halogens is 1. The Bertz CT molecular complexity index is 467. The molecule has 0 aromatic heterocycles. The summed E-state index contributed by atoms with van der Waals surface area (Å²) in [5, 5.41) is 6.56. The Morgan fingerprint density at radius 3 is 2.41 bits per heavy atom. The lowest BCUT2D eigenvalue weighted by atomic mass is 9.80. The lowest BCUT2D eigenvalue weighted by Crippen LogP contribution is -2.46. The number of carbonyl (C=O) groups is 1. The lowest BCUT2D eigenvalue weighted by Gasteiger charge is -2.35. The highest BCUT2D eigenvalue weighted by molar-refractivity contribution is 5.85. The second-order valence-electron chi connectivity index (χ2n) is 7.29. The smallest absolute Gasteiger partial charge is 0.226 e. The maximum absolute atomic E-state index is 12.5. The van der Waals surface area contributed by atoms with Crippen LogP contribution in [0.5, 0.6) is 0 Å². The van der Waals surface area contributed by atoms with Crippen molar-refractivity contribution in [3.63, 3.8) is 0 Å². The molecule has 22 heavy (non-hydrogen) atoms. The van der Waals surface area contributed by atoms with Gasteiger partial charge in [0.05, 0.1) is 0 Å². The van der Waals surface area contributed by atoms with Crippen LogP contribution < -0.4 is 10.6 Å². The van der Waals surface area contributed by atoms with Crippen molar-refractivity contribution in [3.8, 4) is 0 Å². The van der Waals surface area contributed by atoms with E-state index in [1.807, 2.05) is 32.0 Å². The van der Waals surface area contributed by atoms with Gasteiger partial charge in [-0.1, -0.05) is 51.1 Å². The molecule has 3 nitrogen and oxygen atoms in total. The van der Waals surface area contributed by atoms with Crippen LogP contribution in [0.15, 0.2) is 30.3 Å². The molecule has 124 valence electrons. The van der Waals surface area contributed by atoms with Gasteiger partial charge in [-0.2, -0.15) is 0 Å². The van der Waals surface area contributed by atoms with Gasteiger partial charge >= 0.3 is 0 Å². The largest absolute Gasteiger partial charge is 0.355 e. The molecule has 1 saturated heterocycles. The van der Waals surface area contributed by atoms with E-state index in [1.54, 1.807) is 0 Å². The average molecular weight is 325 g/mol.